The maximum atomic E-state index is 12.6. The molecule has 0 saturated carbocycles. The molecule has 29 heavy (non-hydrogen) atoms. The first-order valence-corrected chi connectivity index (χ1v) is 10.8. The zero-order valence-corrected chi connectivity index (χ0v) is 17.0. The number of phenolic OH excluding ortho intramolecular Hbond substituents is 1. The number of carbonyl (C=O) groups excluding carboxylic acids is 2. The Balaban J connectivity index is 1.70. The van der Waals surface area contributed by atoms with E-state index in [0.29, 0.717) is 18.0 Å². The topological polar surface area (TPSA) is 116 Å². The molecule has 154 valence electrons. The molecule has 0 atom stereocenters. The number of hydrogen-bond donors (Lipinski definition) is 3. The minimum atomic E-state index is -3.96. The number of benzene rings is 2. The molecule has 8 nitrogen and oxygen atoms in total. The molecule has 1 saturated heterocycles. The van der Waals surface area contributed by atoms with Gasteiger partial charge >= 0.3 is 0 Å². The maximum absolute atomic E-state index is 12.6. The number of amides is 2. The summed E-state index contributed by atoms with van der Waals surface area (Å²) in [4.78, 5) is 25.2. The Morgan fingerprint density at radius 1 is 1.21 bits per heavy atom. The summed E-state index contributed by atoms with van der Waals surface area (Å²) >= 11 is 5.87. The highest BCUT2D eigenvalue weighted by atomic mass is 35.5. The Morgan fingerprint density at radius 2 is 2.00 bits per heavy atom. The largest absolute Gasteiger partial charge is 0.506 e. The fraction of sp³-hybridized carbons (Fsp3) is 0.263. The molecule has 0 unspecified atom stereocenters. The number of carbonyl (C=O) groups is 2. The quantitative estimate of drug-likeness (QED) is 0.576. The number of hydrogen-bond acceptors (Lipinski definition) is 5. The minimum absolute atomic E-state index is 0.0147. The van der Waals surface area contributed by atoms with E-state index in [1.807, 2.05) is 0 Å². The van der Waals surface area contributed by atoms with Crippen molar-refractivity contribution in [2.75, 3.05) is 23.1 Å². The summed E-state index contributed by atoms with van der Waals surface area (Å²) in [7, 11) is -3.96. The van der Waals surface area contributed by atoms with Crippen molar-refractivity contribution < 1.29 is 23.1 Å². The number of aromatic hydroxyl groups is 1. The van der Waals surface area contributed by atoms with Crippen LogP contribution >= 0.6 is 11.6 Å². The third kappa shape index (κ3) is 5.39. The molecule has 1 aliphatic heterocycles. The van der Waals surface area contributed by atoms with E-state index in [2.05, 4.69) is 10.0 Å². The third-order valence-corrected chi connectivity index (χ3v) is 6.02. The normalized spacial score (nSPS) is 14.1. The zero-order chi connectivity index (χ0) is 21.0. The van der Waals surface area contributed by atoms with Gasteiger partial charge in [0.15, 0.2) is 0 Å². The van der Waals surface area contributed by atoms with Crippen LogP contribution in [0.3, 0.4) is 0 Å². The highest BCUT2D eigenvalue weighted by Crippen LogP contribution is 2.28. The first-order valence-electron chi connectivity index (χ1n) is 8.93. The number of nitrogens with zero attached hydrogens (tertiary/aromatic N) is 1. The summed E-state index contributed by atoms with van der Waals surface area (Å²) in [5, 5.41) is 12.9. The fourth-order valence-electron chi connectivity index (χ4n) is 2.94. The zero-order valence-electron chi connectivity index (χ0n) is 15.4. The highest BCUT2D eigenvalue weighted by molar-refractivity contribution is 7.92. The Bertz CT molecular complexity index is 1040. The smallest absolute Gasteiger partial charge is 0.261 e. The van der Waals surface area contributed by atoms with E-state index in [0.717, 1.165) is 6.42 Å². The molecular formula is C19H20ClN3O5S. The maximum Gasteiger partial charge on any atom is 0.261 e. The molecule has 0 bridgehead atoms. The average molecular weight is 438 g/mol. The van der Waals surface area contributed by atoms with Gasteiger partial charge in [0.2, 0.25) is 11.8 Å². The van der Waals surface area contributed by atoms with E-state index in [-0.39, 0.29) is 40.9 Å². The molecule has 2 aromatic carbocycles. The van der Waals surface area contributed by atoms with Gasteiger partial charge in [0, 0.05) is 31.0 Å². The standard InChI is InChI=1S/C19H20ClN3O5S/c20-13-3-1-4-14(11-13)22-29(27,28)15-6-7-17(24)16(12-15)21-18(25)8-10-23-9-2-5-19(23)26/h1,3-4,6-7,11-12,22,24H,2,5,8-10H2,(H,21,25). The predicted molar refractivity (Wildman–Crippen MR) is 109 cm³/mol. The lowest BCUT2D eigenvalue weighted by atomic mass is 10.2. The van der Waals surface area contributed by atoms with Gasteiger partial charge < -0.3 is 15.3 Å². The van der Waals surface area contributed by atoms with Crippen molar-refractivity contribution >= 4 is 44.8 Å². The third-order valence-electron chi connectivity index (χ3n) is 4.41. The second kappa shape index (κ2) is 8.71. The number of nitrogens with one attached hydrogen (secondary N) is 2. The summed E-state index contributed by atoms with van der Waals surface area (Å²) in [6, 6.07) is 9.80. The molecule has 0 spiro atoms. The van der Waals surface area contributed by atoms with Crippen LogP contribution in [0.5, 0.6) is 5.75 Å². The Labute approximate surface area is 173 Å². The lowest BCUT2D eigenvalue weighted by Gasteiger charge is -2.15. The number of likely N-dealkylation sites (tertiary alicyclic amines) is 1. The van der Waals surface area contributed by atoms with Crippen molar-refractivity contribution in [3.05, 3.63) is 47.5 Å². The first-order chi connectivity index (χ1) is 13.7. The number of sulfonamides is 1. The van der Waals surface area contributed by atoms with Crippen molar-refractivity contribution in [1.82, 2.24) is 4.90 Å². The van der Waals surface area contributed by atoms with Crippen molar-refractivity contribution in [3.8, 4) is 5.75 Å². The molecule has 1 aliphatic rings. The Kier molecular flexibility index (Phi) is 6.29. The second-order valence-corrected chi connectivity index (χ2v) is 8.70. The number of halogens is 1. The van der Waals surface area contributed by atoms with Gasteiger partial charge in [-0.15, -0.1) is 0 Å². The van der Waals surface area contributed by atoms with Crippen molar-refractivity contribution in [3.63, 3.8) is 0 Å². The molecular weight excluding hydrogens is 418 g/mol. The Hall–Kier alpha value is -2.78. The molecule has 0 radical (unpaired) electrons. The number of rotatable bonds is 7. The monoisotopic (exact) mass is 437 g/mol. The van der Waals surface area contributed by atoms with Gasteiger partial charge in [-0.3, -0.25) is 14.3 Å². The van der Waals surface area contributed by atoms with E-state index in [1.165, 1.54) is 24.3 Å². The van der Waals surface area contributed by atoms with Crippen molar-refractivity contribution in [1.29, 1.82) is 0 Å². The van der Waals surface area contributed by atoms with Gasteiger partial charge in [0.25, 0.3) is 10.0 Å². The molecule has 2 amide bonds. The summed E-state index contributed by atoms with van der Waals surface area (Å²) in [5.41, 5.74) is 0.253. The second-order valence-electron chi connectivity index (χ2n) is 6.58. The summed E-state index contributed by atoms with van der Waals surface area (Å²) in [6.45, 7) is 0.903. The first kappa shape index (κ1) is 20.9. The van der Waals surface area contributed by atoms with E-state index in [1.54, 1.807) is 23.1 Å². The van der Waals surface area contributed by atoms with Crippen molar-refractivity contribution in [2.24, 2.45) is 0 Å². The molecule has 1 fully saturated rings. The van der Waals surface area contributed by atoms with Gasteiger partial charge in [-0.25, -0.2) is 8.42 Å². The predicted octanol–water partition coefficient (Wildman–Crippen LogP) is 2.80. The lowest BCUT2D eigenvalue weighted by Crippen LogP contribution is -2.28. The van der Waals surface area contributed by atoms with Gasteiger partial charge in [-0.1, -0.05) is 17.7 Å². The van der Waals surface area contributed by atoms with Gasteiger partial charge in [0.05, 0.1) is 16.3 Å². The summed E-state index contributed by atoms with van der Waals surface area (Å²) < 4.78 is 27.6. The van der Waals surface area contributed by atoms with Crippen LogP contribution in [0, 0.1) is 0 Å². The molecule has 2 aromatic rings. The average Bonchev–Trinajstić information content (AvgIpc) is 3.06. The molecule has 3 N–H and O–H groups in total. The van der Waals surface area contributed by atoms with Crippen LogP contribution in [-0.2, 0) is 19.6 Å². The van der Waals surface area contributed by atoms with Gasteiger partial charge in [-0.2, -0.15) is 0 Å². The highest BCUT2D eigenvalue weighted by Gasteiger charge is 2.21. The van der Waals surface area contributed by atoms with Crippen LogP contribution in [0.4, 0.5) is 11.4 Å². The van der Waals surface area contributed by atoms with Crippen molar-refractivity contribution in [2.45, 2.75) is 24.2 Å². The number of phenols is 1. The van der Waals surface area contributed by atoms with Crippen LogP contribution in [-0.4, -0.2) is 43.3 Å². The van der Waals surface area contributed by atoms with E-state index < -0.39 is 15.9 Å². The fourth-order valence-corrected chi connectivity index (χ4v) is 4.20. The van der Waals surface area contributed by atoms with Gasteiger partial charge in [-0.05, 0) is 42.8 Å². The molecule has 10 heteroatoms. The minimum Gasteiger partial charge on any atom is -0.506 e. The van der Waals surface area contributed by atoms with E-state index in [9.17, 15) is 23.1 Å². The van der Waals surface area contributed by atoms with E-state index >= 15 is 0 Å². The molecule has 0 aliphatic carbocycles. The Morgan fingerprint density at radius 3 is 2.69 bits per heavy atom. The van der Waals surface area contributed by atoms with Crippen LogP contribution < -0.4 is 10.0 Å². The van der Waals surface area contributed by atoms with Crippen LogP contribution in [0.15, 0.2) is 47.4 Å². The SMILES string of the molecule is O=C(CCN1CCCC1=O)Nc1cc(S(=O)(=O)Nc2cccc(Cl)c2)ccc1O. The van der Waals surface area contributed by atoms with Crippen LogP contribution in [0.2, 0.25) is 5.02 Å². The molecule has 3 rings (SSSR count). The lowest BCUT2D eigenvalue weighted by molar-refractivity contribution is -0.128. The summed E-state index contributed by atoms with van der Waals surface area (Å²) in [5.74, 6) is -0.685. The van der Waals surface area contributed by atoms with Gasteiger partial charge in [0.1, 0.15) is 5.75 Å². The number of anilines is 2. The molecule has 1 heterocycles. The summed E-state index contributed by atoms with van der Waals surface area (Å²) in [6.07, 6.45) is 1.31. The van der Waals surface area contributed by atoms with Crippen LogP contribution in [0.1, 0.15) is 19.3 Å². The van der Waals surface area contributed by atoms with E-state index in [4.69, 9.17) is 11.6 Å². The van der Waals surface area contributed by atoms with Crippen LogP contribution in [0.25, 0.3) is 0 Å². The molecule has 0 aromatic heterocycles.